The predicted octanol–water partition coefficient (Wildman–Crippen LogP) is 0.808. The largest absolute Gasteiger partial charge is 0.378 e. The second kappa shape index (κ2) is 5.49. The molecule has 9 nitrogen and oxygen atoms in total. The van der Waals surface area contributed by atoms with Crippen molar-refractivity contribution in [1.29, 1.82) is 0 Å². The summed E-state index contributed by atoms with van der Waals surface area (Å²) in [6.07, 6.45) is 4.12. The molecule has 0 aliphatic rings. The summed E-state index contributed by atoms with van der Waals surface area (Å²) < 4.78 is 0. The Hall–Kier alpha value is -3.10. The molecule has 96 valence electrons. The molecule has 0 bridgehead atoms. The van der Waals surface area contributed by atoms with E-state index >= 15 is 0 Å². The van der Waals surface area contributed by atoms with E-state index in [9.17, 15) is 10.1 Å². The number of aromatic nitrogens is 3. The van der Waals surface area contributed by atoms with Crippen LogP contribution in [0.25, 0.3) is 0 Å². The minimum Gasteiger partial charge on any atom is -0.378 e. The first-order valence-corrected chi connectivity index (χ1v) is 5.13. The van der Waals surface area contributed by atoms with E-state index in [2.05, 4.69) is 25.5 Å². The van der Waals surface area contributed by atoms with Crippen LogP contribution in [0.4, 0.5) is 17.3 Å². The van der Waals surface area contributed by atoms with E-state index in [1.807, 2.05) is 0 Å². The van der Waals surface area contributed by atoms with Crippen LogP contribution in [0.3, 0.4) is 0 Å². The van der Waals surface area contributed by atoms with Gasteiger partial charge in [0.05, 0.1) is 16.8 Å². The zero-order valence-electron chi connectivity index (χ0n) is 9.59. The van der Waals surface area contributed by atoms with Crippen molar-refractivity contribution >= 4 is 23.5 Å². The van der Waals surface area contributed by atoms with Gasteiger partial charge in [0, 0.05) is 6.20 Å². The number of rotatable bonds is 4. The molecule has 0 fully saturated rings. The van der Waals surface area contributed by atoms with E-state index < -0.39 is 10.6 Å². The summed E-state index contributed by atoms with van der Waals surface area (Å²) in [5.41, 5.74) is 8.03. The predicted molar refractivity (Wildman–Crippen MR) is 68.6 cm³/mol. The van der Waals surface area contributed by atoms with E-state index in [-0.39, 0.29) is 11.6 Å². The molecule has 2 rings (SSSR count). The van der Waals surface area contributed by atoms with Crippen molar-refractivity contribution in [3.63, 3.8) is 0 Å². The average Bonchev–Trinajstić information content (AvgIpc) is 2.39. The summed E-state index contributed by atoms with van der Waals surface area (Å²) in [6.45, 7) is 0. The van der Waals surface area contributed by atoms with E-state index in [0.29, 0.717) is 5.69 Å². The molecular weight excluding hydrogens is 250 g/mol. The molecule has 2 aromatic rings. The fraction of sp³-hybridized carbons (Fsp3) is 0. The molecule has 3 N–H and O–H groups in total. The van der Waals surface area contributed by atoms with Gasteiger partial charge >= 0.3 is 5.69 Å². The first kappa shape index (κ1) is 12.4. The van der Waals surface area contributed by atoms with Gasteiger partial charge in [0.2, 0.25) is 11.6 Å². The highest BCUT2D eigenvalue weighted by atomic mass is 16.6. The average molecular weight is 259 g/mol. The van der Waals surface area contributed by atoms with Gasteiger partial charge in [-0.1, -0.05) is 6.07 Å². The Morgan fingerprint density at radius 1 is 1.37 bits per heavy atom. The van der Waals surface area contributed by atoms with Crippen LogP contribution in [-0.2, 0) is 0 Å². The Morgan fingerprint density at radius 2 is 2.21 bits per heavy atom. The molecule has 0 aliphatic carbocycles. The van der Waals surface area contributed by atoms with Gasteiger partial charge in [-0.15, -0.1) is 0 Å². The molecule has 9 heteroatoms. The highest BCUT2D eigenvalue weighted by molar-refractivity contribution is 5.78. The van der Waals surface area contributed by atoms with Gasteiger partial charge in [-0.25, -0.2) is 9.97 Å². The molecule has 19 heavy (non-hydrogen) atoms. The van der Waals surface area contributed by atoms with Crippen LogP contribution in [0.5, 0.6) is 0 Å². The Labute approximate surface area is 107 Å². The monoisotopic (exact) mass is 259 g/mol. The topological polar surface area (TPSA) is 132 Å². The Kier molecular flexibility index (Phi) is 3.57. The number of nitrogens with one attached hydrogen (secondary N) is 1. The maximum Gasteiger partial charge on any atom is 0.354 e. The molecule has 0 amide bonds. The number of hydrogen-bond donors (Lipinski definition) is 2. The fourth-order valence-electron chi connectivity index (χ4n) is 1.27. The fourth-order valence-corrected chi connectivity index (χ4v) is 1.27. The summed E-state index contributed by atoms with van der Waals surface area (Å²) in [6, 6.07) is 5.29. The second-order valence-electron chi connectivity index (χ2n) is 3.34. The number of anilines is 2. The lowest BCUT2D eigenvalue weighted by molar-refractivity contribution is -0.383. The second-order valence-corrected chi connectivity index (χ2v) is 3.34. The van der Waals surface area contributed by atoms with Crippen molar-refractivity contribution in [2.24, 2.45) is 5.10 Å². The van der Waals surface area contributed by atoms with Crippen LogP contribution >= 0.6 is 0 Å². The lowest BCUT2D eigenvalue weighted by Gasteiger charge is -2.01. The van der Waals surface area contributed by atoms with Crippen molar-refractivity contribution < 1.29 is 4.92 Å². The Morgan fingerprint density at radius 3 is 2.89 bits per heavy atom. The number of pyridine rings is 1. The van der Waals surface area contributed by atoms with E-state index in [1.165, 1.54) is 6.21 Å². The Balaban J connectivity index is 2.18. The minimum absolute atomic E-state index is 0.0790. The van der Waals surface area contributed by atoms with Crippen LogP contribution in [0.1, 0.15) is 5.69 Å². The van der Waals surface area contributed by atoms with Crippen LogP contribution in [0.15, 0.2) is 35.8 Å². The van der Waals surface area contributed by atoms with Crippen LogP contribution in [-0.4, -0.2) is 26.1 Å². The molecule has 2 aromatic heterocycles. The standard InChI is InChI=1S/C10H9N7O2/c11-9-8(17(18)19)10(14-6-13-9)16-15-5-7-3-1-2-4-12-7/h1-6H,(H3,11,13,14,16)/b15-5+. The van der Waals surface area contributed by atoms with E-state index in [0.717, 1.165) is 6.33 Å². The summed E-state index contributed by atoms with van der Waals surface area (Å²) in [5.74, 6) is -0.305. The van der Waals surface area contributed by atoms with E-state index in [4.69, 9.17) is 5.73 Å². The van der Waals surface area contributed by atoms with Crippen molar-refractivity contribution in [3.05, 3.63) is 46.5 Å². The third kappa shape index (κ3) is 2.97. The molecule has 0 aliphatic heterocycles. The molecule has 0 atom stereocenters. The summed E-state index contributed by atoms with van der Waals surface area (Å²) >= 11 is 0. The number of nitrogens with zero attached hydrogens (tertiary/aromatic N) is 5. The van der Waals surface area contributed by atoms with Crippen LogP contribution < -0.4 is 11.2 Å². The first-order chi connectivity index (χ1) is 9.18. The lowest BCUT2D eigenvalue weighted by atomic mass is 10.4. The normalized spacial score (nSPS) is 10.5. The van der Waals surface area contributed by atoms with Crippen molar-refractivity contribution in [1.82, 2.24) is 15.0 Å². The number of nitro groups is 1. The molecule has 0 spiro atoms. The number of nitrogen functional groups attached to an aromatic ring is 1. The van der Waals surface area contributed by atoms with Gasteiger partial charge < -0.3 is 5.73 Å². The molecule has 0 aromatic carbocycles. The van der Waals surface area contributed by atoms with Crippen molar-refractivity contribution in [2.45, 2.75) is 0 Å². The molecule has 0 unspecified atom stereocenters. The minimum atomic E-state index is -0.673. The van der Waals surface area contributed by atoms with Gasteiger partial charge in [0.25, 0.3) is 0 Å². The molecular formula is C10H9N7O2. The van der Waals surface area contributed by atoms with Crippen LogP contribution in [0, 0.1) is 10.1 Å². The van der Waals surface area contributed by atoms with Gasteiger partial charge in [0.15, 0.2) is 0 Å². The van der Waals surface area contributed by atoms with Crippen molar-refractivity contribution in [3.8, 4) is 0 Å². The maximum absolute atomic E-state index is 10.8. The molecule has 0 saturated heterocycles. The summed E-state index contributed by atoms with van der Waals surface area (Å²) in [4.78, 5) is 21.4. The molecule has 0 radical (unpaired) electrons. The number of hydrogen-bond acceptors (Lipinski definition) is 8. The third-order valence-corrected chi connectivity index (χ3v) is 2.09. The lowest BCUT2D eigenvalue weighted by Crippen LogP contribution is -2.04. The van der Waals surface area contributed by atoms with E-state index in [1.54, 1.807) is 24.4 Å². The molecule has 2 heterocycles. The summed E-state index contributed by atoms with van der Waals surface area (Å²) in [5, 5.41) is 14.6. The van der Waals surface area contributed by atoms with Gasteiger partial charge in [0.1, 0.15) is 6.33 Å². The van der Waals surface area contributed by atoms with Gasteiger partial charge in [-0.2, -0.15) is 5.10 Å². The summed E-state index contributed by atoms with van der Waals surface area (Å²) in [7, 11) is 0. The zero-order valence-corrected chi connectivity index (χ0v) is 9.59. The Bertz CT molecular complexity index is 615. The maximum atomic E-state index is 10.8. The van der Waals surface area contributed by atoms with Gasteiger partial charge in [-0.05, 0) is 12.1 Å². The SMILES string of the molecule is Nc1ncnc(N/N=C/c2ccccn2)c1[N+](=O)[O-]. The zero-order chi connectivity index (χ0) is 13.7. The molecule has 0 saturated carbocycles. The quantitative estimate of drug-likeness (QED) is 0.471. The number of nitrogens with two attached hydrogens (primary N) is 1. The number of hydrazone groups is 1. The van der Waals surface area contributed by atoms with Crippen LogP contribution in [0.2, 0.25) is 0 Å². The third-order valence-electron chi connectivity index (χ3n) is 2.09. The smallest absolute Gasteiger partial charge is 0.354 e. The first-order valence-electron chi connectivity index (χ1n) is 5.13. The highest BCUT2D eigenvalue weighted by Crippen LogP contribution is 2.25. The van der Waals surface area contributed by atoms with Crippen molar-refractivity contribution in [2.75, 3.05) is 11.2 Å². The van der Waals surface area contributed by atoms with Gasteiger partial charge in [-0.3, -0.25) is 20.5 Å². The highest BCUT2D eigenvalue weighted by Gasteiger charge is 2.20.